The van der Waals surface area contributed by atoms with Gasteiger partial charge in [0, 0.05) is 17.0 Å². The Bertz CT molecular complexity index is 1240. The number of benzene rings is 2. The third-order valence-corrected chi connectivity index (χ3v) is 5.72. The molecule has 4 aromatic rings. The van der Waals surface area contributed by atoms with Crippen molar-refractivity contribution >= 4 is 11.0 Å². The summed E-state index contributed by atoms with van der Waals surface area (Å²) in [6, 6.07) is 18.0. The summed E-state index contributed by atoms with van der Waals surface area (Å²) >= 11 is 0. The van der Waals surface area contributed by atoms with Crippen molar-refractivity contribution in [1.82, 2.24) is 9.78 Å². The molecule has 0 aliphatic heterocycles. The highest BCUT2D eigenvalue weighted by molar-refractivity contribution is 5.80. The van der Waals surface area contributed by atoms with Gasteiger partial charge in [-0.15, -0.1) is 0 Å². The van der Waals surface area contributed by atoms with E-state index in [-0.39, 0.29) is 5.63 Å². The molecule has 2 aromatic heterocycles. The molecule has 0 fully saturated rings. The predicted molar refractivity (Wildman–Crippen MR) is 119 cm³/mol. The van der Waals surface area contributed by atoms with Gasteiger partial charge in [-0.2, -0.15) is 5.10 Å². The number of aromatic nitrogens is 2. The first-order chi connectivity index (χ1) is 14.5. The van der Waals surface area contributed by atoms with Crippen LogP contribution in [-0.2, 0) is 19.5 Å². The van der Waals surface area contributed by atoms with E-state index in [4.69, 9.17) is 9.52 Å². The third kappa shape index (κ3) is 3.94. The Morgan fingerprint density at radius 3 is 2.53 bits per heavy atom. The van der Waals surface area contributed by atoms with Crippen LogP contribution in [0.4, 0.5) is 0 Å². The molecule has 0 saturated carbocycles. The predicted octanol–water partition coefficient (Wildman–Crippen LogP) is 3.37. The van der Waals surface area contributed by atoms with Crippen LogP contribution in [0.5, 0.6) is 0 Å². The molecule has 5 heteroatoms. The van der Waals surface area contributed by atoms with Gasteiger partial charge >= 0.3 is 5.63 Å². The van der Waals surface area contributed by atoms with Crippen molar-refractivity contribution in [1.29, 1.82) is 0 Å². The highest BCUT2D eigenvalue weighted by Gasteiger charge is 2.18. The molecule has 2 aromatic carbocycles. The fourth-order valence-corrected chi connectivity index (χ4v) is 4.08. The van der Waals surface area contributed by atoms with Gasteiger partial charge in [-0.25, -0.2) is 9.48 Å². The van der Waals surface area contributed by atoms with E-state index < -0.39 is 0 Å². The molecule has 5 nitrogen and oxygen atoms in total. The number of aryl methyl sites for hydroxylation is 2. The first-order valence-electron chi connectivity index (χ1n) is 10.4. The monoisotopic (exact) mass is 402 g/mol. The van der Waals surface area contributed by atoms with Crippen molar-refractivity contribution in [3.05, 3.63) is 93.1 Å². The quantitative estimate of drug-likeness (QED) is 0.503. The molecule has 0 saturated heterocycles. The molecule has 2 heterocycles. The van der Waals surface area contributed by atoms with Gasteiger partial charge in [0.05, 0.1) is 29.7 Å². The molecule has 1 atom stereocenters. The average Bonchev–Trinajstić information content (AvgIpc) is 3.02. The lowest BCUT2D eigenvalue weighted by Crippen LogP contribution is -3.06. The number of rotatable bonds is 6. The van der Waals surface area contributed by atoms with Crippen LogP contribution in [0.2, 0.25) is 0 Å². The van der Waals surface area contributed by atoms with E-state index in [9.17, 15) is 4.79 Å². The third-order valence-electron chi connectivity index (χ3n) is 5.72. The van der Waals surface area contributed by atoms with Gasteiger partial charge in [-0.3, -0.25) is 0 Å². The Labute approximate surface area is 176 Å². The molecular formula is C25H28N3O2+. The van der Waals surface area contributed by atoms with Crippen LogP contribution in [0.3, 0.4) is 0 Å². The van der Waals surface area contributed by atoms with Crippen molar-refractivity contribution in [3.8, 4) is 5.69 Å². The first-order valence-corrected chi connectivity index (χ1v) is 10.4. The summed E-state index contributed by atoms with van der Waals surface area (Å²) in [5.74, 6) is 0. The summed E-state index contributed by atoms with van der Waals surface area (Å²) < 4.78 is 7.47. The van der Waals surface area contributed by atoms with E-state index in [0.29, 0.717) is 5.58 Å². The average molecular weight is 403 g/mol. The zero-order valence-electron chi connectivity index (χ0n) is 18.0. The van der Waals surface area contributed by atoms with E-state index >= 15 is 0 Å². The minimum atomic E-state index is -0.289. The van der Waals surface area contributed by atoms with Crippen LogP contribution in [0.15, 0.2) is 63.8 Å². The summed E-state index contributed by atoms with van der Waals surface area (Å²) in [4.78, 5) is 13.4. The Balaban J connectivity index is 1.61. The van der Waals surface area contributed by atoms with Crippen molar-refractivity contribution < 1.29 is 9.32 Å². The van der Waals surface area contributed by atoms with Crippen LogP contribution >= 0.6 is 0 Å². The number of nitrogens with zero attached hydrogens (tertiary/aromatic N) is 2. The van der Waals surface area contributed by atoms with E-state index in [2.05, 4.69) is 52.1 Å². The largest absolute Gasteiger partial charge is 0.423 e. The second-order valence-corrected chi connectivity index (χ2v) is 7.98. The number of hydrogen-bond donors (Lipinski definition) is 1. The molecule has 1 N–H and O–H groups in total. The maximum absolute atomic E-state index is 12.1. The highest BCUT2D eigenvalue weighted by Crippen LogP contribution is 2.20. The summed E-state index contributed by atoms with van der Waals surface area (Å²) in [7, 11) is 2.15. The highest BCUT2D eigenvalue weighted by atomic mass is 16.4. The van der Waals surface area contributed by atoms with Crippen molar-refractivity contribution in [2.45, 2.75) is 40.3 Å². The number of nitrogens with one attached hydrogen (secondary N) is 1. The maximum Gasteiger partial charge on any atom is 0.336 e. The van der Waals surface area contributed by atoms with Crippen molar-refractivity contribution in [2.24, 2.45) is 0 Å². The lowest BCUT2D eigenvalue weighted by molar-refractivity contribution is -0.907. The van der Waals surface area contributed by atoms with Gasteiger partial charge < -0.3 is 9.32 Å². The second-order valence-electron chi connectivity index (χ2n) is 7.98. The fraction of sp³-hybridized carbons (Fsp3) is 0.280. The van der Waals surface area contributed by atoms with Crippen LogP contribution in [0, 0.1) is 13.8 Å². The summed E-state index contributed by atoms with van der Waals surface area (Å²) in [5, 5.41) is 5.78. The minimum Gasteiger partial charge on any atom is -0.423 e. The van der Waals surface area contributed by atoms with Crippen LogP contribution in [0.25, 0.3) is 16.7 Å². The number of fused-ring (bicyclic) bond motifs is 1. The maximum atomic E-state index is 12.1. The first kappa shape index (κ1) is 20.1. The molecular weight excluding hydrogens is 374 g/mol. The zero-order chi connectivity index (χ0) is 21.3. The van der Waals surface area contributed by atoms with Crippen LogP contribution in [0.1, 0.15) is 35.0 Å². The van der Waals surface area contributed by atoms with E-state index in [1.807, 2.05) is 28.9 Å². The molecule has 0 bridgehead atoms. The van der Waals surface area contributed by atoms with Gasteiger partial charge in [0.15, 0.2) is 0 Å². The summed E-state index contributed by atoms with van der Waals surface area (Å²) in [6.07, 6.45) is 0.916. The van der Waals surface area contributed by atoms with Crippen molar-refractivity contribution in [3.63, 3.8) is 0 Å². The van der Waals surface area contributed by atoms with Crippen molar-refractivity contribution in [2.75, 3.05) is 7.05 Å². The van der Waals surface area contributed by atoms with Crippen LogP contribution in [-0.4, -0.2) is 16.8 Å². The fourth-order valence-electron chi connectivity index (χ4n) is 4.08. The zero-order valence-corrected chi connectivity index (χ0v) is 18.0. The summed E-state index contributed by atoms with van der Waals surface area (Å²) in [5.41, 5.74) is 7.09. The number of hydrogen-bond acceptors (Lipinski definition) is 3. The molecule has 30 heavy (non-hydrogen) atoms. The molecule has 4 rings (SSSR count). The van der Waals surface area contributed by atoms with Gasteiger partial charge in [0.25, 0.3) is 0 Å². The van der Waals surface area contributed by atoms with E-state index in [1.54, 1.807) is 6.07 Å². The molecule has 0 amide bonds. The van der Waals surface area contributed by atoms with Gasteiger partial charge in [-0.05, 0) is 44.0 Å². The smallest absolute Gasteiger partial charge is 0.336 e. The molecule has 0 aliphatic rings. The van der Waals surface area contributed by atoms with E-state index in [0.717, 1.165) is 47.5 Å². The molecule has 0 spiro atoms. The Hall–Kier alpha value is -3.18. The van der Waals surface area contributed by atoms with Crippen LogP contribution < -0.4 is 10.5 Å². The molecule has 1 unspecified atom stereocenters. The Kier molecular flexibility index (Phi) is 5.55. The van der Waals surface area contributed by atoms with E-state index in [1.165, 1.54) is 16.0 Å². The Morgan fingerprint density at radius 1 is 1.03 bits per heavy atom. The van der Waals surface area contributed by atoms with Gasteiger partial charge in [0.2, 0.25) is 0 Å². The minimum absolute atomic E-state index is 0.289. The molecule has 0 aliphatic carbocycles. The molecule has 154 valence electrons. The SMILES string of the molecule is CCc1ccc2c(C[NH+](C)Cc3c(C)nn(-c4ccccc4)c3C)cc(=O)oc2c1. The number of para-hydroxylation sites is 1. The van der Waals surface area contributed by atoms with Gasteiger partial charge in [0.1, 0.15) is 18.7 Å². The lowest BCUT2D eigenvalue weighted by Gasteiger charge is -2.16. The van der Waals surface area contributed by atoms with Gasteiger partial charge in [-0.1, -0.05) is 37.3 Å². The lowest BCUT2D eigenvalue weighted by atomic mass is 10.1. The Morgan fingerprint density at radius 2 is 1.80 bits per heavy atom. The number of quaternary nitrogens is 1. The topological polar surface area (TPSA) is 52.5 Å². The molecule has 0 radical (unpaired) electrons. The standard InChI is InChI=1S/C25H27N3O2/c1-5-19-11-12-22-20(14-25(29)30-24(22)13-19)15-27(4)16-23-17(2)26-28(18(23)3)21-9-7-6-8-10-21/h6-14H,5,15-16H2,1-4H3/p+1. The summed E-state index contributed by atoms with van der Waals surface area (Å²) in [6.45, 7) is 7.85. The second kappa shape index (κ2) is 8.28. The normalized spacial score (nSPS) is 12.4.